The Morgan fingerprint density at radius 1 is 0.775 bits per heavy atom. The molecule has 3 aliphatic rings. The molecule has 234 valence electrons. The summed E-state index contributed by atoms with van der Waals surface area (Å²) in [5, 5.41) is 22.5. The number of piperazine rings is 1. The van der Waals surface area contributed by atoms with E-state index in [1.54, 1.807) is 5.06 Å². The van der Waals surface area contributed by atoms with Crippen molar-refractivity contribution in [2.75, 3.05) is 19.8 Å². The molecule has 1 spiro atoms. The van der Waals surface area contributed by atoms with Crippen molar-refractivity contribution in [1.29, 1.82) is 0 Å². The van der Waals surface area contributed by atoms with Crippen LogP contribution in [0.1, 0.15) is 140 Å². The topological polar surface area (TPSA) is 91.1 Å². The van der Waals surface area contributed by atoms with Crippen LogP contribution in [0.25, 0.3) is 0 Å². The van der Waals surface area contributed by atoms with Crippen LogP contribution in [0.5, 0.6) is 0 Å². The van der Waals surface area contributed by atoms with Crippen molar-refractivity contribution in [3.8, 4) is 0 Å². The zero-order valence-electron chi connectivity index (χ0n) is 27.8. The molecule has 3 saturated heterocycles. The van der Waals surface area contributed by atoms with E-state index in [0.29, 0.717) is 45.4 Å². The van der Waals surface area contributed by atoms with Crippen molar-refractivity contribution in [2.24, 2.45) is 5.41 Å². The Balaban J connectivity index is 1.94. The summed E-state index contributed by atoms with van der Waals surface area (Å²) in [4.78, 5) is 16.3. The zero-order valence-corrected chi connectivity index (χ0v) is 27.8. The third kappa shape index (κ3) is 5.62. The van der Waals surface area contributed by atoms with Crippen LogP contribution in [0.3, 0.4) is 0 Å². The molecule has 3 rings (SSSR count). The van der Waals surface area contributed by atoms with Gasteiger partial charge in [0.25, 0.3) is 5.91 Å². The molecule has 0 bridgehead atoms. The van der Waals surface area contributed by atoms with Gasteiger partial charge < -0.3 is 24.8 Å². The monoisotopic (exact) mass is 569 g/mol. The van der Waals surface area contributed by atoms with Crippen LogP contribution in [0.2, 0.25) is 0 Å². The number of rotatable bonds is 9. The van der Waals surface area contributed by atoms with Gasteiger partial charge in [0.2, 0.25) is 0 Å². The van der Waals surface area contributed by atoms with Gasteiger partial charge in [0.15, 0.2) is 11.3 Å². The quantitative estimate of drug-likeness (QED) is 0.353. The van der Waals surface area contributed by atoms with Crippen molar-refractivity contribution < 1.29 is 24.7 Å². The molecule has 0 aromatic carbocycles. The second kappa shape index (κ2) is 11.4. The fraction of sp³-hybridized carbons (Fsp3) is 0.969. The molecular formula is C32H63N3O5+2. The smallest absolute Gasteiger partial charge is 0.250 e. The number of hydrogen-bond acceptors (Lipinski definition) is 5. The third-order valence-corrected chi connectivity index (χ3v) is 11.1. The van der Waals surface area contributed by atoms with Crippen LogP contribution in [0, 0.1) is 5.41 Å². The van der Waals surface area contributed by atoms with Gasteiger partial charge in [-0.15, -0.1) is 0 Å². The average Bonchev–Trinajstić information content (AvgIpc) is 2.91. The van der Waals surface area contributed by atoms with Gasteiger partial charge in [0.1, 0.15) is 5.54 Å². The highest BCUT2D eigenvalue weighted by molar-refractivity contribution is 5.88. The fourth-order valence-electron chi connectivity index (χ4n) is 7.74. The van der Waals surface area contributed by atoms with Crippen molar-refractivity contribution in [1.82, 2.24) is 15.0 Å². The van der Waals surface area contributed by atoms with Crippen LogP contribution < -0.4 is 0 Å². The largest absolute Gasteiger partial charge is 0.349 e. The summed E-state index contributed by atoms with van der Waals surface area (Å²) in [7, 11) is 0. The molecule has 8 heteroatoms. The maximum Gasteiger partial charge on any atom is 0.250 e. The average molecular weight is 570 g/mol. The van der Waals surface area contributed by atoms with Crippen molar-refractivity contribution >= 4 is 5.91 Å². The van der Waals surface area contributed by atoms with Crippen LogP contribution in [-0.4, -0.2) is 84.6 Å². The maximum absolute atomic E-state index is 14.3. The molecule has 3 fully saturated rings. The van der Waals surface area contributed by atoms with Gasteiger partial charge in [0.05, 0.1) is 24.3 Å². The number of ether oxygens (including phenoxy) is 2. The van der Waals surface area contributed by atoms with Crippen molar-refractivity contribution in [3.63, 3.8) is 0 Å². The predicted molar refractivity (Wildman–Crippen MR) is 162 cm³/mol. The summed E-state index contributed by atoms with van der Waals surface area (Å²) < 4.78 is 13.1. The highest BCUT2D eigenvalue weighted by Gasteiger charge is 2.64. The normalized spacial score (nSPS) is 34.9. The van der Waals surface area contributed by atoms with E-state index in [2.05, 4.69) is 81.1 Å². The van der Waals surface area contributed by atoms with Crippen LogP contribution in [-0.2, 0) is 14.3 Å². The molecule has 0 aromatic rings. The molecule has 4 N–H and O–H groups in total. The lowest BCUT2D eigenvalue weighted by molar-refractivity contribution is -0.379. The molecule has 3 atom stereocenters. The van der Waals surface area contributed by atoms with Gasteiger partial charge >= 0.3 is 0 Å². The summed E-state index contributed by atoms with van der Waals surface area (Å²) >= 11 is 0. The number of carbonyl (C=O) groups is 1. The molecule has 0 radical (unpaired) electrons. The van der Waals surface area contributed by atoms with Gasteiger partial charge in [0, 0.05) is 30.3 Å². The zero-order chi connectivity index (χ0) is 30.4. The molecule has 0 aromatic heterocycles. The predicted octanol–water partition coefficient (Wildman–Crippen LogP) is 5.27. The number of amides is 1. The van der Waals surface area contributed by atoms with Crippen LogP contribution in [0.15, 0.2) is 0 Å². The summed E-state index contributed by atoms with van der Waals surface area (Å²) in [6, 6.07) is 0. The van der Waals surface area contributed by atoms with Gasteiger partial charge in [-0.25, -0.2) is 0 Å². The summed E-state index contributed by atoms with van der Waals surface area (Å²) in [5.74, 6) is -0.593. The summed E-state index contributed by atoms with van der Waals surface area (Å²) in [6.07, 6.45) is 7.40. The Bertz CT molecular complexity index is 889. The second-order valence-electron chi connectivity index (χ2n) is 15.3. The SMILES string of the molecule is CCC1(C)CC2(CC(CC)(CCCC3(CC)C(=O)N(C(C)(C)C)CC(CC)(CC)N3[OH2+])N1[OH2+])OCC(C)(C)CO2. The minimum absolute atomic E-state index is 0.0166. The summed E-state index contributed by atoms with van der Waals surface area (Å²) in [5.41, 5.74) is -2.37. The molecule has 1 amide bonds. The van der Waals surface area contributed by atoms with Gasteiger partial charge in [-0.05, 0) is 79.1 Å². The standard InChI is InChI=1S/C32H61N3O5/c1-12-28(11)20-32(39-23-27(9,10)24-40-32)21-30(15-4,34(28)37)18-17-19-31(16-5)25(36)33(26(6,7)8)22-29(13-2,14-3)35(31)38/h37-38H,12-24H2,1-11H3/p+2. The summed E-state index contributed by atoms with van der Waals surface area (Å²) in [6.45, 7) is 25.5. The lowest BCUT2D eigenvalue weighted by atomic mass is 9.69. The Labute approximate surface area is 244 Å². The maximum atomic E-state index is 14.3. The molecule has 0 saturated carbocycles. The van der Waals surface area contributed by atoms with Crippen LogP contribution in [0.4, 0.5) is 0 Å². The van der Waals surface area contributed by atoms with E-state index < -0.39 is 16.9 Å². The minimum Gasteiger partial charge on any atom is -0.349 e. The number of carbonyl (C=O) groups excluding carboxylic acids is 1. The van der Waals surface area contributed by atoms with Crippen molar-refractivity contribution in [2.45, 2.75) is 174 Å². The Morgan fingerprint density at radius 3 is 1.77 bits per heavy atom. The first-order valence-corrected chi connectivity index (χ1v) is 16.0. The van der Waals surface area contributed by atoms with E-state index in [9.17, 15) is 15.2 Å². The lowest BCUT2D eigenvalue weighted by Gasteiger charge is -2.58. The van der Waals surface area contributed by atoms with E-state index in [0.717, 1.165) is 38.5 Å². The van der Waals surface area contributed by atoms with Crippen LogP contribution >= 0.6 is 0 Å². The molecule has 3 aliphatic heterocycles. The van der Waals surface area contributed by atoms with E-state index in [1.165, 1.54) is 0 Å². The lowest BCUT2D eigenvalue weighted by Crippen LogP contribution is -2.76. The molecule has 40 heavy (non-hydrogen) atoms. The highest BCUT2D eigenvalue weighted by Crippen LogP contribution is 2.52. The Kier molecular flexibility index (Phi) is 9.60. The van der Waals surface area contributed by atoms with E-state index >= 15 is 0 Å². The number of hydrogen-bond donors (Lipinski definition) is 0. The first-order valence-electron chi connectivity index (χ1n) is 16.0. The van der Waals surface area contributed by atoms with E-state index in [4.69, 9.17) is 9.47 Å². The number of nitrogens with zero attached hydrogens (tertiary/aromatic N) is 3. The fourth-order valence-corrected chi connectivity index (χ4v) is 7.74. The Hall–Kier alpha value is -0.770. The Morgan fingerprint density at radius 2 is 1.32 bits per heavy atom. The van der Waals surface area contributed by atoms with Gasteiger partial charge in [-0.2, -0.15) is 0 Å². The molecule has 3 unspecified atom stereocenters. The first-order chi connectivity index (χ1) is 18.4. The minimum atomic E-state index is -0.873. The van der Waals surface area contributed by atoms with E-state index in [-0.39, 0.29) is 27.9 Å². The highest BCUT2D eigenvalue weighted by atomic mass is 16.7. The second-order valence-corrected chi connectivity index (χ2v) is 15.3. The molecular weight excluding hydrogens is 506 g/mol. The van der Waals surface area contributed by atoms with Gasteiger partial charge in [-0.3, -0.25) is 4.79 Å². The van der Waals surface area contributed by atoms with Crippen molar-refractivity contribution in [3.05, 3.63) is 0 Å². The third-order valence-electron chi connectivity index (χ3n) is 11.1. The number of hydroxylamine groups is 4. The first kappa shape index (κ1) is 33.7. The molecule has 3 heterocycles. The van der Waals surface area contributed by atoms with Gasteiger partial charge in [-0.1, -0.05) is 58.6 Å². The number of piperidine rings is 1. The van der Waals surface area contributed by atoms with E-state index in [1.807, 2.05) is 5.06 Å². The molecule has 0 aliphatic carbocycles. The molecule has 8 nitrogen and oxygen atoms in total.